The van der Waals surface area contributed by atoms with Gasteiger partial charge in [-0.2, -0.15) is 0 Å². The molecule has 170 valence electrons. The number of benzene rings is 2. The molecule has 0 amide bonds. The van der Waals surface area contributed by atoms with E-state index < -0.39 is 11.8 Å². The van der Waals surface area contributed by atoms with E-state index in [1.807, 2.05) is 73.7 Å². The monoisotopic (exact) mass is 450 g/mol. The predicted molar refractivity (Wildman–Crippen MR) is 130 cm³/mol. The molecule has 1 aliphatic carbocycles. The maximum Gasteiger partial charge on any atom is 0.316 e. The summed E-state index contributed by atoms with van der Waals surface area (Å²) in [5.41, 5.74) is 4.78. The lowest BCUT2D eigenvalue weighted by Gasteiger charge is -2.36. The average molecular weight is 451 g/mol. The summed E-state index contributed by atoms with van der Waals surface area (Å²) in [6.45, 7) is 2.03. The molecular weight excluding hydrogens is 424 g/mol. The van der Waals surface area contributed by atoms with Gasteiger partial charge in [0.15, 0.2) is 5.78 Å². The zero-order valence-corrected chi connectivity index (χ0v) is 19.1. The second-order valence-electron chi connectivity index (χ2n) is 8.86. The minimum atomic E-state index is -0.686. The Hall–Kier alpha value is -3.86. The van der Waals surface area contributed by atoms with E-state index in [0.29, 0.717) is 29.8 Å². The standard InChI is InChI=1S/C29H26N2O3/c1-19-26(29(33)34-18-20-10-4-2-5-11-20)28(23-14-8-9-15-30-23)27-24(31-19)16-22(17-25(27)32)21-12-6-3-7-13-21/h2-15,22,26,28H,16-18H2,1H3/t22-,26?,28+/m1/s1. The second kappa shape index (κ2) is 9.56. The number of carbonyl (C=O) groups is 2. The van der Waals surface area contributed by atoms with Crippen LogP contribution in [-0.4, -0.2) is 22.4 Å². The van der Waals surface area contributed by atoms with Gasteiger partial charge >= 0.3 is 5.97 Å². The Balaban J connectivity index is 1.49. The molecular formula is C29H26N2O3. The summed E-state index contributed by atoms with van der Waals surface area (Å²) in [5, 5.41) is 0. The van der Waals surface area contributed by atoms with Crippen molar-refractivity contribution in [3.8, 4) is 0 Å². The van der Waals surface area contributed by atoms with Crippen LogP contribution in [0.15, 0.2) is 101 Å². The van der Waals surface area contributed by atoms with E-state index in [9.17, 15) is 9.59 Å². The topological polar surface area (TPSA) is 68.6 Å². The molecule has 0 N–H and O–H groups in total. The number of allylic oxidation sites excluding steroid dienone is 2. The van der Waals surface area contributed by atoms with E-state index in [2.05, 4.69) is 17.1 Å². The molecule has 1 aliphatic heterocycles. The van der Waals surface area contributed by atoms with Crippen LogP contribution in [0.2, 0.25) is 0 Å². The minimum Gasteiger partial charge on any atom is -0.460 e. The highest BCUT2D eigenvalue weighted by Crippen LogP contribution is 2.46. The Morgan fingerprint density at radius 2 is 1.65 bits per heavy atom. The first-order valence-electron chi connectivity index (χ1n) is 11.6. The first kappa shape index (κ1) is 22.0. The molecule has 1 aromatic heterocycles. The molecule has 2 aliphatic rings. The van der Waals surface area contributed by atoms with Crippen molar-refractivity contribution < 1.29 is 14.3 Å². The molecule has 2 aromatic carbocycles. The number of nitrogens with zero attached hydrogens (tertiary/aromatic N) is 2. The van der Waals surface area contributed by atoms with Crippen molar-refractivity contribution in [2.24, 2.45) is 10.9 Å². The summed E-state index contributed by atoms with van der Waals surface area (Å²) >= 11 is 0. The molecule has 5 nitrogen and oxygen atoms in total. The van der Waals surface area contributed by atoms with Crippen LogP contribution in [0.4, 0.5) is 0 Å². The van der Waals surface area contributed by atoms with Gasteiger partial charge in [0, 0.05) is 35.3 Å². The number of aliphatic imine (C=N–C) groups is 1. The Kier molecular flexibility index (Phi) is 6.17. The number of esters is 1. The number of aromatic nitrogens is 1. The van der Waals surface area contributed by atoms with Gasteiger partial charge in [0.25, 0.3) is 0 Å². The quantitative estimate of drug-likeness (QED) is 0.488. The molecule has 0 fully saturated rings. The summed E-state index contributed by atoms with van der Waals surface area (Å²) in [6.07, 6.45) is 2.76. The highest BCUT2D eigenvalue weighted by atomic mass is 16.5. The molecule has 0 spiro atoms. The summed E-state index contributed by atoms with van der Waals surface area (Å²) in [4.78, 5) is 36.3. The van der Waals surface area contributed by atoms with Crippen molar-refractivity contribution in [3.05, 3.63) is 113 Å². The third-order valence-electron chi connectivity index (χ3n) is 6.64. The molecule has 0 bridgehead atoms. The van der Waals surface area contributed by atoms with Crippen molar-refractivity contribution in [1.82, 2.24) is 4.98 Å². The minimum absolute atomic E-state index is 0.0304. The highest BCUT2D eigenvalue weighted by molar-refractivity contribution is 6.09. The van der Waals surface area contributed by atoms with Crippen LogP contribution in [0.1, 0.15) is 48.4 Å². The van der Waals surface area contributed by atoms with Crippen molar-refractivity contribution in [1.29, 1.82) is 0 Å². The third kappa shape index (κ3) is 4.34. The van der Waals surface area contributed by atoms with Crippen LogP contribution in [0.3, 0.4) is 0 Å². The second-order valence-corrected chi connectivity index (χ2v) is 8.86. The number of Topliss-reactive ketones (excluding diaryl/α,β-unsaturated/α-hetero) is 1. The van der Waals surface area contributed by atoms with Crippen molar-refractivity contribution >= 4 is 17.5 Å². The maximum atomic E-state index is 13.5. The Morgan fingerprint density at radius 1 is 0.941 bits per heavy atom. The fourth-order valence-corrected chi connectivity index (χ4v) is 5.02. The van der Waals surface area contributed by atoms with Gasteiger partial charge in [-0.05, 0) is 42.5 Å². The van der Waals surface area contributed by atoms with E-state index in [1.165, 1.54) is 0 Å². The zero-order valence-electron chi connectivity index (χ0n) is 19.1. The normalized spacial score (nSPS) is 22.1. The van der Waals surface area contributed by atoms with Gasteiger partial charge in [-0.25, -0.2) is 0 Å². The van der Waals surface area contributed by atoms with Crippen molar-refractivity contribution in [3.63, 3.8) is 0 Å². The molecule has 0 saturated heterocycles. The van der Waals surface area contributed by atoms with E-state index in [4.69, 9.17) is 9.73 Å². The molecule has 3 aromatic rings. The lowest BCUT2D eigenvalue weighted by molar-refractivity contribution is -0.148. The van der Waals surface area contributed by atoms with Gasteiger partial charge in [0.05, 0.1) is 5.92 Å². The third-order valence-corrected chi connectivity index (χ3v) is 6.64. The number of rotatable bonds is 5. The molecule has 2 heterocycles. The Labute approximate surface area is 199 Å². The van der Waals surface area contributed by atoms with Gasteiger partial charge in [-0.1, -0.05) is 66.7 Å². The lowest BCUT2D eigenvalue weighted by atomic mass is 9.70. The molecule has 3 atom stereocenters. The van der Waals surface area contributed by atoms with E-state index in [-0.39, 0.29) is 24.3 Å². The summed E-state index contributed by atoms with van der Waals surface area (Å²) < 4.78 is 5.71. The van der Waals surface area contributed by atoms with Crippen molar-refractivity contribution in [2.45, 2.75) is 38.2 Å². The summed E-state index contributed by atoms with van der Waals surface area (Å²) in [5.74, 6) is -1.46. The molecule has 0 saturated carbocycles. The van der Waals surface area contributed by atoms with Crippen LogP contribution in [0.5, 0.6) is 0 Å². The zero-order chi connectivity index (χ0) is 23.5. The van der Waals surface area contributed by atoms with E-state index in [1.54, 1.807) is 6.20 Å². The molecule has 0 radical (unpaired) electrons. The molecule has 5 rings (SSSR count). The van der Waals surface area contributed by atoms with Gasteiger partial charge < -0.3 is 4.74 Å². The number of hydrogen-bond acceptors (Lipinski definition) is 5. The smallest absolute Gasteiger partial charge is 0.316 e. The number of carbonyl (C=O) groups excluding carboxylic acids is 2. The van der Waals surface area contributed by atoms with Crippen molar-refractivity contribution in [2.75, 3.05) is 0 Å². The fourth-order valence-electron chi connectivity index (χ4n) is 5.02. The lowest BCUT2D eigenvalue weighted by Crippen LogP contribution is -2.38. The first-order valence-corrected chi connectivity index (χ1v) is 11.6. The fraction of sp³-hybridized carbons (Fsp3) is 0.241. The van der Waals surface area contributed by atoms with Crippen LogP contribution in [0.25, 0.3) is 0 Å². The number of hydrogen-bond donors (Lipinski definition) is 0. The van der Waals surface area contributed by atoms with E-state index in [0.717, 1.165) is 16.8 Å². The number of ketones is 1. The van der Waals surface area contributed by atoms with Crippen LogP contribution in [-0.2, 0) is 20.9 Å². The summed E-state index contributed by atoms with van der Waals surface area (Å²) in [7, 11) is 0. The SMILES string of the molecule is CC1=NC2=C(C(=O)C[C@H](c3ccccc3)C2)[C@@H](c2ccccn2)C1C(=O)OCc1ccccc1. The largest absolute Gasteiger partial charge is 0.460 e. The molecule has 5 heteroatoms. The first-order chi connectivity index (χ1) is 16.6. The maximum absolute atomic E-state index is 13.5. The van der Waals surface area contributed by atoms with E-state index >= 15 is 0 Å². The van der Waals surface area contributed by atoms with Crippen LogP contribution in [0, 0.1) is 5.92 Å². The van der Waals surface area contributed by atoms with Crippen LogP contribution >= 0.6 is 0 Å². The van der Waals surface area contributed by atoms with Gasteiger partial charge in [-0.15, -0.1) is 0 Å². The Bertz CT molecular complexity index is 1250. The summed E-state index contributed by atoms with van der Waals surface area (Å²) in [6, 6.07) is 25.3. The molecule has 34 heavy (non-hydrogen) atoms. The van der Waals surface area contributed by atoms with Gasteiger partial charge in [-0.3, -0.25) is 19.6 Å². The predicted octanol–water partition coefficient (Wildman–Crippen LogP) is 5.40. The Morgan fingerprint density at radius 3 is 2.35 bits per heavy atom. The molecule has 1 unspecified atom stereocenters. The van der Waals surface area contributed by atoms with Crippen LogP contribution < -0.4 is 0 Å². The van der Waals surface area contributed by atoms with Gasteiger partial charge in [0.1, 0.15) is 12.5 Å². The van der Waals surface area contributed by atoms with Gasteiger partial charge in [0.2, 0.25) is 0 Å². The number of pyridine rings is 1. The number of ether oxygens (including phenoxy) is 1. The highest BCUT2D eigenvalue weighted by Gasteiger charge is 2.45. The average Bonchev–Trinajstić information content (AvgIpc) is 2.88.